The molecule has 7 heavy (non-hydrogen) atoms. The summed E-state index contributed by atoms with van der Waals surface area (Å²) in [6.07, 6.45) is 0. The van der Waals surface area contributed by atoms with E-state index in [1.807, 2.05) is 0 Å². The molecule has 0 aromatic rings. The van der Waals surface area contributed by atoms with E-state index in [1.54, 1.807) is 6.92 Å². The molecule has 0 bridgehead atoms. The highest BCUT2D eigenvalue weighted by atomic mass is 32.2. The molecule has 4 heteroatoms. The Kier molecular flexibility index (Phi) is 3.69. The molecular weight excluding hydrogens is 132 g/mol. The quantitative estimate of drug-likeness (QED) is 0.438. The van der Waals surface area contributed by atoms with E-state index in [-0.39, 0.29) is 5.25 Å². The molecule has 0 amide bonds. The van der Waals surface area contributed by atoms with Gasteiger partial charge in [0.1, 0.15) is 0 Å². The van der Waals surface area contributed by atoms with Gasteiger partial charge in [-0.25, -0.2) is 0 Å². The molecule has 2 unspecified atom stereocenters. The smallest absolute Gasteiger partial charge is 0.0275 e. The van der Waals surface area contributed by atoms with Crippen LogP contribution in [-0.4, -0.2) is 19.8 Å². The number of hydrogen-bond acceptors (Lipinski definition) is 3. The molecule has 0 radical (unpaired) electrons. The summed E-state index contributed by atoms with van der Waals surface area (Å²) in [6, 6.07) is 0. The van der Waals surface area contributed by atoms with Crippen LogP contribution in [-0.2, 0) is 11.1 Å². The van der Waals surface area contributed by atoms with Gasteiger partial charge in [-0.15, -0.1) is 0 Å². The molecule has 0 heterocycles. The molecule has 0 fully saturated rings. The summed E-state index contributed by atoms with van der Waals surface area (Å²) in [4.78, 5) is 0. The summed E-state index contributed by atoms with van der Waals surface area (Å²) in [5.41, 5.74) is 0. The predicted molar refractivity (Wildman–Crippen MR) is 32.2 cm³/mol. The molecule has 0 aromatic carbocycles. The Bertz CT molecular complexity index is 73.3. The molecule has 0 rings (SSSR count). The van der Waals surface area contributed by atoms with Gasteiger partial charge in [-0.1, -0.05) is 18.0 Å². The normalized spacial score (nSPS) is 18.7. The molecule has 2 atom stereocenters. The first kappa shape index (κ1) is 7.46. The van der Waals surface area contributed by atoms with Crippen LogP contribution >= 0.6 is 12.6 Å². The van der Waals surface area contributed by atoms with Crippen molar-refractivity contribution < 1.29 is 8.76 Å². The summed E-state index contributed by atoms with van der Waals surface area (Å²) < 4.78 is 19.8. The van der Waals surface area contributed by atoms with Gasteiger partial charge < -0.3 is 4.55 Å². The fraction of sp³-hybridized carbons (Fsp3) is 1.00. The van der Waals surface area contributed by atoms with Crippen LogP contribution in [0, 0.1) is 0 Å². The highest BCUT2D eigenvalue weighted by Gasteiger charge is 1.94. The van der Waals surface area contributed by atoms with E-state index in [4.69, 9.17) is 0 Å². The van der Waals surface area contributed by atoms with Crippen molar-refractivity contribution in [1.29, 1.82) is 0 Å². The van der Waals surface area contributed by atoms with Crippen LogP contribution in [0.5, 0.6) is 0 Å². The molecule has 0 aliphatic heterocycles. The molecule has 0 aliphatic rings. The van der Waals surface area contributed by atoms with Gasteiger partial charge in [0.05, 0.1) is 0 Å². The summed E-state index contributed by atoms with van der Waals surface area (Å²) in [5.74, 6) is 0.399. The zero-order valence-electron chi connectivity index (χ0n) is 3.96. The zero-order chi connectivity index (χ0) is 5.86. The van der Waals surface area contributed by atoms with E-state index in [2.05, 4.69) is 12.6 Å². The standard InChI is InChI=1S/C3H8O2S2/c1-3(2-6)7(4)5/h3,6H,2H2,1H3,(H,4,5)/p-1. The van der Waals surface area contributed by atoms with Crippen molar-refractivity contribution in [3.63, 3.8) is 0 Å². The van der Waals surface area contributed by atoms with Gasteiger partial charge >= 0.3 is 0 Å². The SMILES string of the molecule is CC(CS)S(=O)[O-]. The van der Waals surface area contributed by atoms with Gasteiger partial charge in [-0.2, -0.15) is 12.6 Å². The first-order valence-corrected chi connectivity index (χ1v) is 3.64. The lowest BCUT2D eigenvalue weighted by Crippen LogP contribution is -2.10. The second-order valence-corrected chi connectivity index (χ2v) is 2.94. The van der Waals surface area contributed by atoms with Crippen molar-refractivity contribution in [1.82, 2.24) is 0 Å². The number of rotatable bonds is 2. The van der Waals surface area contributed by atoms with Crippen molar-refractivity contribution in [2.45, 2.75) is 12.2 Å². The van der Waals surface area contributed by atoms with E-state index in [1.165, 1.54) is 0 Å². The Hall–Kier alpha value is 0.460. The molecule has 0 N–H and O–H groups in total. The Morgan fingerprint density at radius 3 is 2.43 bits per heavy atom. The number of thiol groups is 1. The van der Waals surface area contributed by atoms with Crippen LogP contribution in [0.3, 0.4) is 0 Å². The second kappa shape index (κ2) is 3.46. The van der Waals surface area contributed by atoms with Crippen molar-refractivity contribution >= 4 is 23.7 Å². The van der Waals surface area contributed by atoms with Crippen LogP contribution in [0.1, 0.15) is 6.92 Å². The van der Waals surface area contributed by atoms with Gasteiger partial charge in [-0.05, 0) is 0 Å². The molecular formula is C3H7O2S2-. The minimum atomic E-state index is -1.94. The average Bonchev–Trinajstić information content (AvgIpc) is 1.65. The highest BCUT2D eigenvalue weighted by molar-refractivity contribution is 7.84. The number of hydrogen-bond donors (Lipinski definition) is 1. The maximum atomic E-state index is 9.88. The van der Waals surface area contributed by atoms with E-state index in [0.717, 1.165) is 0 Å². The van der Waals surface area contributed by atoms with Gasteiger partial charge in [-0.3, -0.25) is 4.21 Å². The summed E-state index contributed by atoms with van der Waals surface area (Å²) in [5, 5.41) is -0.316. The van der Waals surface area contributed by atoms with Crippen molar-refractivity contribution in [3.8, 4) is 0 Å². The van der Waals surface area contributed by atoms with Crippen molar-refractivity contribution in [2.75, 3.05) is 5.75 Å². The largest absolute Gasteiger partial charge is 0.772 e. The maximum Gasteiger partial charge on any atom is 0.0275 e. The molecule has 0 aromatic heterocycles. The zero-order valence-corrected chi connectivity index (χ0v) is 5.67. The van der Waals surface area contributed by atoms with Crippen molar-refractivity contribution in [2.24, 2.45) is 0 Å². The molecule has 2 nitrogen and oxygen atoms in total. The summed E-state index contributed by atoms with van der Waals surface area (Å²) in [7, 11) is 0. The first-order valence-electron chi connectivity index (χ1n) is 1.87. The topological polar surface area (TPSA) is 40.1 Å². The lowest BCUT2D eigenvalue weighted by atomic mass is 10.6. The van der Waals surface area contributed by atoms with E-state index in [9.17, 15) is 8.76 Å². The summed E-state index contributed by atoms with van der Waals surface area (Å²) in [6.45, 7) is 1.61. The van der Waals surface area contributed by atoms with Gasteiger partial charge in [0, 0.05) is 11.0 Å². The third kappa shape index (κ3) is 3.08. The molecule has 0 aliphatic carbocycles. The fourth-order valence-electron chi connectivity index (χ4n) is 0.0609. The van der Waals surface area contributed by atoms with Crippen LogP contribution in [0.4, 0.5) is 0 Å². The lowest BCUT2D eigenvalue weighted by molar-refractivity contribution is 0.529. The van der Waals surface area contributed by atoms with Crippen LogP contribution < -0.4 is 0 Å². The van der Waals surface area contributed by atoms with Crippen LogP contribution in [0.25, 0.3) is 0 Å². The van der Waals surface area contributed by atoms with Crippen LogP contribution in [0.15, 0.2) is 0 Å². The minimum Gasteiger partial charge on any atom is -0.772 e. The first-order chi connectivity index (χ1) is 3.18. The molecule has 0 saturated heterocycles. The molecule has 44 valence electrons. The third-order valence-electron chi connectivity index (χ3n) is 0.586. The highest BCUT2D eigenvalue weighted by Crippen LogP contribution is 1.92. The van der Waals surface area contributed by atoms with Gasteiger partial charge in [0.15, 0.2) is 0 Å². The Balaban J connectivity index is 3.34. The maximum absolute atomic E-state index is 9.88. The van der Waals surface area contributed by atoms with Crippen molar-refractivity contribution in [3.05, 3.63) is 0 Å². The Morgan fingerprint density at radius 1 is 2.00 bits per heavy atom. The minimum absolute atomic E-state index is 0.316. The Morgan fingerprint density at radius 2 is 2.43 bits per heavy atom. The monoisotopic (exact) mass is 139 g/mol. The van der Waals surface area contributed by atoms with Crippen LogP contribution in [0.2, 0.25) is 0 Å². The summed E-state index contributed by atoms with van der Waals surface area (Å²) >= 11 is 1.83. The molecule has 0 spiro atoms. The van der Waals surface area contributed by atoms with E-state index >= 15 is 0 Å². The van der Waals surface area contributed by atoms with Gasteiger partial charge in [0.25, 0.3) is 0 Å². The molecule has 0 saturated carbocycles. The second-order valence-electron chi connectivity index (χ2n) is 1.25. The van der Waals surface area contributed by atoms with E-state index < -0.39 is 11.1 Å². The fourth-order valence-corrected chi connectivity index (χ4v) is 0.548. The Labute approximate surface area is 51.0 Å². The average molecular weight is 139 g/mol. The third-order valence-corrected chi connectivity index (χ3v) is 2.20. The van der Waals surface area contributed by atoms with Gasteiger partial charge in [0.2, 0.25) is 0 Å². The predicted octanol–water partition coefficient (Wildman–Crippen LogP) is 0.184. The lowest BCUT2D eigenvalue weighted by Gasteiger charge is -2.09. The van der Waals surface area contributed by atoms with E-state index in [0.29, 0.717) is 5.75 Å².